The number of rotatable bonds is 5. The van der Waals surface area contributed by atoms with E-state index in [9.17, 15) is 9.59 Å². The smallest absolute Gasteiger partial charge is 0.375 e. The average molecular weight is 378 g/mol. The molecule has 1 aliphatic carbocycles. The van der Waals surface area contributed by atoms with Gasteiger partial charge in [0, 0.05) is 16.5 Å². The lowest BCUT2D eigenvalue weighted by Crippen LogP contribution is -2.15. The highest BCUT2D eigenvalue weighted by atomic mass is 16.5. The Morgan fingerprint density at radius 1 is 1.04 bits per heavy atom. The number of ketones is 1. The maximum absolute atomic E-state index is 12.5. The zero-order valence-electron chi connectivity index (χ0n) is 16.0. The molecule has 5 heteroatoms. The summed E-state index contributed by atoms with van der Waals surface area (Å²) in [5.41, 5.74) is 4.37. The van der Waals surface area contributed by atoms with E-state index < -0.39 is 5.97 Å². The Hall–Kier alpha value is -3.08. The van der Waals surface area contributed by atoms with E-state index in [1.54, 1.807) is 26.2 Å². The van der Waals surface area contributed by atoms with E-state index in [1.165, 1.54) is 17.5 Å². The van der Waals surface area contributed by atoms with Gasteiger partial charge in [-0.1, -0.05) is 12.1 Å². The van der Waals surface area contributed by atoms with Gasteiger partial charge in [-0.2, -0.15) is 0 Å². The minimum Gasteiger partial charge on any atom is -0.497 e. The van der Waals surface area contributed by atoms with Gasteiger partial charge in [0.15, 0.2) is 12.4 Å². The number of hydrogen-bond acceptors (Lipinski definition) is 5. The number of carbonyl (C=O) groups is 2. The largest absolute Gasteiger partial charge is 0.497 e. The molecule has 0 atom stereocenters. The fourth-order valence-electron chi connectivity index (χ4n) is 3.71. The third kappa shape index (κ3) is 3.40. The molecule has 0 amide bonds. The van der Waals surface area contributed by atoms with Crippen LogP contribution in [-0.2, 0) is 17.6 Å². The van der Waals surface area contributed by atoms with E-state index in [4.69, 9.17) is 13.9 Å². The summed E-state index contributed by atoms with van der Waals surface area (Å²) in [6.07, 6.45) is 4.41. The summed E-state index contributed by atoms with van der Waals surface area (Å²) in [6, 6.07) is 11.1. The lowest BCUT2D eigenvalue weighted by Gasteiger charge is -2.16. The van der Waals surface area contributed by atoms with Gasteiger partial charge in [-0.25, -0.2) is 4.79 Å². The van der Waals surface area contributed by atoms with Gasteiger partial charge >= 0.3 is 5.97 Å². The van der Waals surface area contributed by atoms with Crippen LogP contribution < -0.4 is 4.74 Å². The third-order valence-corrected chi connectivity index (χ3v) is 5.33. The van der Waals surface area contributed by atoms with E-state index in [1.807, 2.05) is 24.3 Å². The number of Topliss-reactive ketones (excluding diaryl/α,β-unsaturated/α-hetero) is 1. The highest BCUT2D eigenvalue weighted by Gasteiger charge is 2.21. The summed E-state index contributed by atoms with van der Waals surface area (Å²) in [7, 11) is 1.58. The SMILES string of the molecule is COc1ccc2oc(C(=O)OCC(=O)c3ccc4c(c3)CCCC4)c(C)c2c1. The van der Waals surface area contributed by atoms with Crippen molar-refractivity contribution in [1.82, 2.24) is 0 Å². The van der Waals surface area contributed by atoms with Crippen LogP contribution in [0.1, 0.15) is 50.4 Å². The molecule has 144 valence electrons. The number of ether oxygens (including phenoxy) is 2. The standard InChI is InChI=1S/C23H22O5/c1-14-19-12-18(26-2)9-10-21(19)28-22(14)23(25)27-13-20(24)17-8-7-15-5-3-4-6-16(15)11-17/h7-12H,3-6,13H2,1-2H3. The summed E-state index contributed by atoms with van der Waals surface area (Å²) in [5.74, 6) is -0.0588. The monoisotopic (exact) mass is 378 g/mol. The summed E-state index contributed by atoms with van der Waals surface area (Å²) in [5, 5.41) is 0.785. The topological polar surface area (TPSA) is 65.7 Å². The van der Waals surface area contributed by atoms with Gasteiger partial charge < -0.3 is 13.9 Å². The molecule has 5 nitrogen and oxygen atoms in total. The molecule has 0 unspecified atom stereocenters. The van der Waals surface area contributed by atoms with Crippen LogP contribution in [0.3, 0.4) is 0 Å². The summed E-state index contributed by atoms with van der Waals surface area (Å²) >= 11 is 0. The van der Waals surface area contributed by atoms with Crippen LogP contribution in [0.4, 0.5) is 0 Å². The Labute approximate surface area is 163 Å². The molecule has 0 aliphatic heterocycles. The first-order valence-corrected chi connectivity index (χ1v) is 9.46. The van der Waals surface area contributed by atoms with Crippen molar-refractivity contribution in [3.05, 3.63) is 64.4 Å². The number of aryl methyl sites for hydroxylation is 3. The van der Waals surface area contributed by atoms with Crippen molar-refractivity contribution < 1.29 is 23.5 Å². The Bertz CT molecular complexity index is 1060. The van der Waals surface area contributed by atoms with E-state index in [2.05, 4.69) is 0 Å². The predicted molar refractivity (Wildman–Crippen MR) is 105 cm³/mol. The molecule has 1 heterocycles. The lowest BCUT2D eigenvalue weighted by atomic mass is 9.90. The highest BCUT2D eigenvalue weighted by Crippen LogP contribution is 2.29. The zero-order chi connectivity index (χ0) is 19.7. The average Bonchev–Trinajstić information content (AvgIpc) is 3.07. The molecule has 0 saturated carbocycles. The maximum Gasteiger partial charge on any atom is 0.375 e. The molecule has 4 rings (SSSR count). The van der Waals surface area contributed by atoms with Crippen LogP contribution in [0.25, 0.3) is 11.0 Å². The minimum atomic E-state index is -0.640. The van der Waals surface area contributed by atoms with Crippen LogP contribution in [0.2, 0.25) is 0 Å². The predicted octanol–water partition coefficient (Wildman–Crippen LogP) is 4.67. The van der Waals surface area contributed by atoms with Gasteiger partial charge in [0.05, 0.1) is 7.11 Å². The van der Waals surface area contributed by atoms with Crippen LogP contribution in [0.15, 0.2) is 40.8 Å². The first-order valence-electron chi connectivity index (χ1n) is 9.46. The lowest BCUT2D eigenvalue weighted by molar-refractivity contribution is 0.0445. The van der Waals surface area contributed by atoms with Crippen molar-refractivity contribution in [1.29, 1.82) is 0 Å². The molecular formula is C23H22O5. The van der Waals surface area contributed by atoms with Gasteiger partial charge in [-0.05, 0) is 68.0 Å². The molecule has 2 aromatic carbocycles. The molecule has 1 aliphatic rings. The molecule has 0 saturated heterocycles. The van der Waals surface area contributed by atoms with Crippen molar-refractivity contribution >= 4 is 22.7 Å². The molecule has 28 heavy (non-hydrogen) atoms. The van der Waals surface area contributed by atoms with Gasteiger partial charge in [0.2, 0.25) is 5.76 Å². The second kappa shape index (κ2) is 7.50. The zero-order valence-corrected chi connectivity index (χ0v) is 16.0. The van der Waals surface area contributed by atoms with E-state index in [0.29, 0.717) is 22.5 Å². The Morgan fingerprint density at radius 2 is 1.82 bits per heavy atom. The maximum atomic E-state index is 12.5. The fraction of sp³-hybridized carbons (Fsp3) is 0.304. The summed E-state index contributed by atoms with van der Waals surface area (Å²) in [6.45, 7) is 1.48. The van der Waals surface area contributed by atoms with E-state index in [0.717, 1.165) is 24.6 Å². The molecule has 3 aromatic rings. The number of fused-ring (bicyclic) bond motifs is 2. The summed E-state index contributed by atoms with van der Waals surface area (Å²) in [4.78, 5) is 24.9. The quantitative estimate of drug-likeness (QED) is 0.477. The van der Waals surface area contributed by atoms with E-state index >= 15 is 0 Å². The number of carbonyl (C=O) groups excluding carboxylic acids is 2. The van der Waals surface area contributed by atoms with Crippen molar-refractivity contribution in [2.45, 2.75) is 32.6 Å². The van der Waals surface area contributed by atoms with Crippen LogP contribution >= 0.6 is 0 Å². The molecule has 0 spiro atoms. The van der Waals surface area contributed by atoms with Crippen molar-refractivity contribution in [2.75, 3.05) is 13.7 Å². The molecule has 0 radical (unpaired) electrons. The number of esters is 1. The Balaban J connectivity index is 1.47. The molecule has 0 fully saturated rings. The van der Waals surface area contributed by atoms with Gasteiger partial charge in [-0.3, -0.25) is 4.79 Å². The van der Waals surface area contributed by atoms with E-state index in [-0.39, 0.29) is 18.2 Å². The number of benzene rings is 2. The summed E-state index contributed by atoms with van der Waals surface area (Å²) < 4.78 is 16.1. The minimum absolute atomic E-state index is 0.112. The number of furan rings is 1. The van der Waals surface area contributed by atoms with Crippen LogP contribution in [0, 0.1) is 6.92 Å². The molecule has 1 aromatic heterocycles. The molecular weight excluding hydrogens is 356 g/mol. The first kappa shape index (κ1) is 18.3. The third-order valence-electron chi connectivity index (χ3n) is 5.33. The first-order chi connectivity index (χ1) is 13.6. The van der Waals surface area contributed by atoms with Gasteiger partial charge in [-0.15, -0.1) is 0 Å². The number of methoxy groups -OCH3 is 1. The molecule has 0 N–H and O–H groups in total. The second-order valence-electron chi connectivity index (χ2n) is 7.11. The van der Waals surface area contributed by atoms with Crippen molar-refractivity contribution in [3.63, 3.8) is 0 Å². The van der Waals surface area contributed by atoms with Crippen molar-refractivity contribution in [3.8, 4) is 5.75 Å². The fourth-order valence-corrected chi connectivity index (χ4v) is 3.71. The van der Waals surface area contributed by atoms with Crippen LogP contribution in [0.5, 0.6) is 5.75 Å². The number of hydrogen-bond donors (Lipinski definition) is 0. The normalized spacial score (nSPS) is 13.2. The van der Waals surface area contributed by atoms with Gasteiger partial charge in [0.25, 0.3) is 0 Å². The highest BCUT2D eigenvalue weighted by molar-refractivity contribution is 6.00. The second-order valence-corrected chi connectivity index (χ2v) is 7.11. The van der Waals surface area contributed by atoms with Crippen molar-refractivity contribution in [2.24, 2.45) is 0 Å². The molecule has 0 bridgehead atoms. The van der Waals surface area contributed by atoms with Gasteiger partial charge in [0.1, 0.15) is 11.3 Å². The van der Waals surface area contributed by atoms with Crippen LogP contribution in [-0.4, -0.2) is 25.5 Å². The Kier molecular flexibility index (Phi) is 4.90. The Morgan fingerprint density at radius 3 is 2.61 bits per heavy atom.